The number of rotatable bonds is 4. The molecule has 134 valence electrons. The molecule has 0 radical (unpaired) electrons. The minimum Gasteiger partial charge on any atom is -0.504 e. The van der Waals surface area contributed by atoms with Gasteiger partial charge < -0.3 is 25.5 Å². The minimum absolute atomic E-state index is 0.0342. The Morgan fingerprint density at radius 1 is 1.42 bits per heavy atom. The number of phenols is 1. The molecule has 0 bridgehead atoms. The summed E-state index contributed by atoms with van der Waals surface area (Å²) < 4.78 is 5.12. The number of hydrogen-bond acceptors (Lipinski definition) is 8. The van der Waals surface area contributed by atoms with Gasteiger partial charge in [-0.1, -0.05) is 11.8 Å². The maximum atomic E-state index is 12.9. The monoisotopic (exact) mass is 372 g/mol. The summed E-state index contributed by atoms with van der Waals surface area (Å²) in [6.45, 7) is 0.567. The van der Waals surface area contributed by atoms with Crippen LogP contribution in [0.3, 0.4) is 0 Å². The lowest BCUT2D eigenvalue weighted by Gasteiger charge is -2.18. The van der Waals surface area contributed by atoms with Gasteiger partial charge in [-0.05, 0) is 18.6 Å². The molecular weight excluding hydrogens is 356 g/mol. The van der Waals surface area contributed by atoms with Gasteiger partial charge in [0.05, 0.1) is 18.7 Å². The van der Waals surface area contributed by atoms with Crippen molar-refractivity contribution in [3.8, 4) is 11.5 Å². The number of amides is 1. The van der Waals surface area contributed by atoms with Crippen LogP contribution >= 0.6 is 11.8 Å². The molecule has 3 aromatic rings. The summed E-state index contributed by atoms with van der Waals surface area (Å²) in [6, 6.07) is 4.86. The molecule has 10 heteroatoms. The highest BCUT2D eigenvalue weighted by molar-refractivity contribution is 8.00. The molecule has 1 aliphatic rings. The van der Waals surface area contributed by atoms with Crippen molar-refractivity contribution in [3.05, 3.63) is 24.5 Å². The third kappa shape index (κ3) is 2.77. The number of carbonyl (C=O) groups is 1. The summed E-state index contributed by atoms with van der Waals surface area (Å²) in [5.41, 5.74) is 7.56. The van der Waals surface area contributed by atoms with E-state index in [1.54, 1.807) is 17.0 Å². The molecule has 1 aromatic carbocycles. The van der Waals surface area contributed by atoms with Crippen molar-refractivity contribution in [1.29, 1.82) is 0 Å². The molecule has 4 N–H and O–H groups in total. The van der Waals surface area contributed by atoms with E-state index in [0.717, 1.165) is 0 Å². The van der Waals surface area contributed by atoms with Crippen LogP contribution in [-0.2, 0) is 4.79 Å². The normalized spacial score (nSPS) is 17.2. The molecule has 26 heavy (non-hydrogen) atoms. The molecule has 0 spiro atoms. The van der Waals surface area contributed by atoms with Gasteiger partial charge in [0.25, 0.3) is 0 Å². The number of methoxy groups -OCH3 is 1. The Morgan fingerprint density at radius 2 is 2.27 bits per heavy atom. The SMILES string of the molecule is COc1cc(N2CCC(Sc3nc(N)nc4nc[nH]c34)C2=O)ccc1O. The number of aromatic amines is 1. The van der Waals surface area contributed by atoms with Gasteiger partial charge in [-0.25, -0.2) is 9.97 Å². The number of fused-ring (bicyclic) bond motifs is 1. The predicted octanol–water partition coefficient (Wildman–Crippen LogP) is 1.55. The van der Waals surface area contributed by atoms with Crippen molar-refractivity contribution in [2.24, 2.45) is 0 Å². The van der Waals surface area contributed by atoms with E-state index in [0.29, 0.717) is 40.6 Å². The maximum Gasteiger partial charge on any atom is 0.240 e. The zero-order valence-electron chi connectivity index (χ0n) is 13.8. The molecule has 2 aromatic heterocycles. The number of imidazole rings is 1. The number of nitrogen functional groups attached to an aromatic ring is 1. The summed E-state index contributed by atoms with van der Waals surface area (Å²) in [4.78, 5) is 29.9. The van der Waals surface area contributed by atoms with Gasteiger partial charge in [0.1, 0.15) is 10.5 Å². The first-order chi connectivity index (χ1) is 12.6. The Kier molecular flexibility index (Phi) is 4.03. The number of aromatic hydroxyl groups is 1. The van der Waals surface area contributed by atoms with Crippen LogP contribution in [0, 0.1) is 0 Å². The second-order valence-corrected chi connectivity index (χ2v) is 6.92. The number of anilines is 2. The lowest BCUT2D eigenvalue weighted by Crippen LogP contribution is -2.28. The molecule has 1 fully saturated rings. The Morgan fingerprint density at radius 3 is 3.08 bits per heavy atom. The molecule has 1 saturated heterocycles. The van der Waals surface area contributed by atoms with Crippen LogP contribution in [0.2, 0.25) is 0 Å². The zero-order chi connectivity index (χ0) is 18.3. The molecule has 3 heterocycles. The van der Waals surface area contributed by atoms with Crippen LogP contribution < -0.4 is 15.4 Å². The molecule has 4 rings (SSSR count). The topological polar surface area (TPSA) is 130 Å². The van der Waals surface area contributed by atoms with Gasteiger partial charge in [0.2, 0.25) is 11.9 Å². The van der Waals surface area contributed by atoms with Crippen LogP contribution in [0.4, 0.5) is 11.6 Å². The highest BCUT2D eigenvalue weighted by atomic mass is 32.2. The second-order valence-electron chi connectivity index (χ2n) is 5.73. The number of thioether (sulfide) groups is 1. The number of hydrogen-bond donors (Lipinski definition) is 3. The number of aromatic nitrogens is 4. The Labute approximate surface area is 152 Å². The van der Waals surface area contributed by atoms with Gasteiger partial charge in [-0.3, -0.25) is 4.79 Å². The van der Waals surface area contributed by atoms with Gasteiger partial charge in [-0.15, -0.1) is 0 Å². The number of nitrogens with zero attached hydrogens (tertiary/aromatic N) is 4. The summed E-state index contributed by atoms with van der Waals surface area (Å²) in [6.07, 6.45) is 2.18. The first kappa shape index (κ1) is 16.5. The van der Waals surface area contributed by atoms with Crippen LogP contribution in [0.5, 0.6) is 11.5 Å². The number of carbonyl (C=O) groups excluding carboxylic acids is 1. The highest BCUT2D eigenvalue weighted by Gasteiger charge is 2.34. The second kappa shape index (κ2) is 6.37. The fraction of sp³-hybridized carbons (Fsp3) is 0.250. The first-order valence-corrected chi connectivity index (χ1v) is 8.76. The van der Waals surface area contributed by atoms with E-state index < -0.39 is 0 Å². The van der Waals surface area contributed by atoms with Crippen LogP contribution in [0.1, 0.15) is 6.42 Å². The Balaban J connectivity index is 1.58. The van der Waals surface area contributed by atoms with Gasteiger partial charge in [0, 0.05) is 18.3 Å². The molecule has 9 nitrogen and oxygen atoms in total. The predicted molar refractivity (Wildman–Crippen MR) is 97.4 cm³/mol. The molecule has 1 amide bonds. The molecule has 1 aliphatic heterocycles. The first-order valence-electron chi connectivity index (χ1n) is 7.88. The lowest BCUT2D eigenvalue weighted by molar-refractivity contribution is -0.116. The van der Waals surface area contributed by atoms with Crippen LogP contribution in [-0.4, -0.2) is 49.9 Å². The minimum atomic E-state index is -0.296. The number of benzene rings is 1. The van der Waals surface area contributed by atoms with Crippen molar-refractivity contribution < 1.29 is 14.6 Å². The summed E-state index contributed by atoms with van der Waals surface area (Å²) in [5.74, 6) is 0.450. The lowest BCUT2D eigenvalue weighted by atomic mass is 10.2. The van der Waals surface area contributed by atoms with Crippen molar-refractivity contribution in [2.75, 3.05) is 24.3 Å². The number of nitrogens with one attached hydrogen (secondary N) is 1. The van der Waals surface area contributed by atoms with E-state index in [-0.39, 0.29) is 22.9 Å². The number of ether oxygens (including phenoxy) is 1. The largest absolute Gasteiger partial charge is 0.504 e. The number of nitrogens with two attached hydrogens (primary N) is 1. The van der Waals surface area contributed by atoms with Crippen LogP contribution in [0.15, 0.2) is 29.6 Å². The van der Waals surface area contributed by atoms with E-state index in [1.165, 1.54) is 31.3 Å². The van der Waals surface area contributed by atoms with E-state index in [4.69, 9.17) is 10.5 Å². The molecule has 0 saturated carbocycles. The fourth-order valence-electron chi connectivity index (χ4n) is 2.90. The molecule has 1 atom stereocenters. The smallest absolute Gasteiger partial charge is 0.240 e. The van der Waals surface area contributed by atoms with Crippen molar-refractivity contribution in [1.82, 2.24) is 19.9 Å². The van der Waals surface area contributed by atoms with E-state index >= 15 is 0 Å². The van der Waals surface area contributed by atoms with Gasteiger partial charge in [-0.2, -0.15) is 4.98 Å². The van der Waals surface area contributed by atoms with Crippen molar-refractivity contribution in [3.63, 3.8) is 0 Å². The summed E-state index contributed by atoms with van der Waals surface area (Å²) >= 11 is 1.34. The Bertz CT molecular complexity index is 991. The van der Waals surface area contributed by atoms with Crippen LogP contribution in [0.25, 0.3) is 11.2 Å². The van der Waals surface area contributed by atoms with E-state index in [9.17, 15) is 9.90 Å². The average molecular weight is 372 g/mol. The summed E-state index contributed by atoms with van der Waals surface area (Å²) in [5, 5.41) is 10.0. The molecule has 1 unspecified atom stereocenters. The highest BCUT2D eigenvalue weighted by Crippen LogP contribution is 2.37. The summed E-state index contributed by atoms with van der Waals surface area (Å²) in [7, 11) is 1.47. The van der Waals surface area contributed by atoms with E-state index in [1.807, 2.05) is 0 Å². The standard InChI is InChI=1S/C16H16N6O3S/c1-25-10-6-8(2-3-9(10)23)22-5-4-11(15(22)24)26-14-12-13(19-7-18-12)20-16(17)21-14/h2-3,6-7,11,23H,4-5H2,1H3,(H3,17,18,19,20,21). The molecule has 0 aliphatic carbocycles. The third-order valence-electron chi connectivity index (χ3n) is 4.15. The third-order valence-corrected chi connectivity index (χ3v) is 5.40. The zero-order valence-corrected chi connectivity index (χ0v) is 14.7. The number of phenolic OH excluding ortho intramolecular Hbond substituents is 1. The fourth-order valence-corrected chi connectivity index (χ4v) is 4.03. The molecular formula is C16H16N6O3S. The average Bonchev–Trinajstić information content (AvgIpc) is 3.23. The maximum absolute atomic E-state index is 12.9. The van der Waals surface area contributed by atoms with Gasteiger partial charge in [0.15, 0.2) is 17.1 Å². The quantitative estimate of drug-likeness (QED) is 0.588. The van der Waals surface area contributed by atoms with Gasteiger partial charge >= 0.3 is 0 Å². The number of H-pyrrole nitrogens is 1. The van der Waals surface area contributed by atoms with E-state index in [2.05, 4.69) is 19.9 Å². The van der Waals surface area contributed by atoms with Crippen molar-refractivity contribution >= 4 is 40.5 Å². The Hall–Kier alpha value is -3.01. The van der Waals surface area contributed by atoms with Crippen molar-refractivity contribution in [2.45, 2.75) is 16.7 Å².